The molecule has 0 radical (unpaired) electrons. The van der Waals surface area contributed by atoms with Crippen LogP contribution >= 0.6 is 34.8 Å². The molecule has 16 heavy (non-hydrogen) atoms. The average molecular weight is 277 g/mol. The molecule has 0 saturated carbocycles. The van der Waals surface area contributed by atoms with Gasteiger partial charge < -0.3 is 0 Å². The molecule has 2 aromatic heterocycles. The van der Waals surface area contributed by atoms with Crippen molar-refractivity contribution in [1.82, 2.24) is 14.8 Å². The number of hydrogen-bond acceptors (Lipinski definition) is 2. The first-order valence-corrected chi connectivity index (χ1v) is 5.69. The van der Waals surface area contributed by atoms with Crippen molar-refractivity contribution in [3.05, 3.63) is 44.9 Å². The van der Waals surface area contributed by atoms with E-state index in [1.54, 1.807) is 23.1 Å². The fourth-order valence-corrected chi connectivity index (χ4v) is 1.86. The van der Waals surface area contributed by atoms with Crippen LogP contribution in [0.5, 0.6) is 0 Å². The molecule has 3 nitrogen and oxygen atoms in total. The third kappa shape index (κ3) is 2.32. The van der Waals surface area contributed by atoms with Gasteiger partial charge in [0.25, 0.3) is 0 Å². The van der Waals surface area contributed by atoms with Crippen LogP contribution in [-0.4, -0.2) is 14.8 Å². The second kappa shape index (κ2) is 4.62. The predicted molar refractivity (Wildman–Crippen MR) is 65.3 cm³/mol. The van der Waals surface area contributed by atoms with Crippen molar-refractivity contribution in [2.24, 2.45) is 0 Å². The molecule has 0 aliphatic carbocycles. The highest BCUT2D eigenvalue weighted by Gasteiger charge is 2.07. The van der Waals surface area contributed by atoms with Crippen molar-refractivity contribution in [1.29, 1.82) is 0 Å². The molecule has 2 rings (SSSR count). The van der Waals surface area contributed by atoms with Gasteiger partial charge in [0.1, 0.15) is 5.15 Å². The summed E-state index contributed by atoms with van der Waals surface area (Å²) < 4.78 is 1.76. The van der Waals surface area contributed by atoms with Crippen LogP contribution in [0.1, 0.15) is 11.3 Å². The maximum Gasteiger partial charge on any atom is 0.130 e. The largest absolute Gasteiger partial charge is 0.264 e. The van der Waals surface area contributed by atoms with Gasteiger partial charge in [-0.2, -0.15) is 5.10 Å². The zero-order valence-corrected chi connectivity index (χ0v) is 10.7. The molecule has 0 aromatic carbocycles. The van der Waals surface area contributed by atoms with E-state index >= 15 is 0 Å². The number of hydrogen-bond donors (Lipinski definition) is 0. The summed E-state index contributed by atoms with van der Waals surface area (Å²) in [6, 6.07) is 1.61. The molecule has 2 heterocycles. The van der Waals surface area contributed by atoms with Gasteiger partial charge in [-0.1, -0.05) is 34.8 Å². The summed E-state index contributed by atoms with van der Waals surface area (Å²) in [4.78, 5) is 3.98. The summed E-state index contributed by atoms with van der Waals surface area (Å²) in [6.07, 6.45) is 3.24. The van der Waals surface area contributed by atoms with E-state index < -0.39 is 0 Å². The Labute approximate surface area is 108 Å². The van der Waals surface area contributed by atoms with Crippen LogP contribution in [0.25, 0.3) is 0 Å². The first-order valence-electron chi connectivity index (χ1n) is 4.56. The van der Waals surface area contributed by atoms with Gasteiger partial charge in [-0.25, -0.2) is 4.98 Å². The summed E-state index contributed by atoms with van der Waals surface area (Å²) >= 11 is 17.7. The van der Waals surface area contributed by atoms with Crippen molar-refractivity contribution in [2.45, 2.75) is 13.5 Å². The third-order valence-electron chi connectivity index (χ3n) is 2.26. The summed E-state index contributed by atoms with van der Waals surface area (Å²) in [5, 5.41) is 5.73. The van der Waals surface area contributed by atoms with Gasteiger partial charge in [0, 0.05) is 11.8 Å². The van der Waals surface area contributed by atoms with Crippen molar-refractivity contribution >= 4 is 34.8 Å². The Morgan fingerprint density at radius 3 is 2.50 bits per heavy atom. The van der Waals surface area contributed by atoms with Crippen LogP contribution in [0.2, 0.25) is 15.2 Å². The Morgan fingerprint density at radius 1 is 1.19 bits per heavy atom. The van der Waals surface area contributed by atoms with Gasteiger partial charge >= 0.3 is 0 Å². The molecular formula is C10H8Cl3N3. The lowest BCUT2D eigenvalue weighted by molar-refractivity contribution is 0.663. The van der Waals surface area contributed by atoms with Gasteiger partial charge in [-0.15, -0.1) is 0 Å². The van der Waals surface area contributed by atoms with Crippen LogP contribution < -0.4 is 0 Å². The molecule has 0 N–H and O–H groups in total. The Hall–Kier alpha value is -0.770. The highest BCUT2D eigenvalue weighted by molar-refractivity contribution is 6.34. The fourth-order valence-electron chi connectivity index (χ4n) is 1.30. The number of halogens is 3. The molecule has 0 fully saturated rings. The van der Waals surface area contributed by atoms with Crippen molar-refractivity contribution in [3.8, 4) is 0 Å². The van der Waals surface area contributed by atoms with E-state index in [1.165, 1.54) is 0 Å². The zero-order valence-electron chi connectivity index (χ0n) is 8.41. The number of aromatic nitrogens is 3. The van der Waals surface area contributed by atoms with Crippen molar-refractivity contribution < 1.29 is 0 Å². The normalized spacial score (nSPS) is 10.8. The van der Waals surface area contributed by atoms with Crippen LogP contribution in [0, 0.1) is 6.92 Å². The van der Waals surface area contributed by atoms with E-state index in [0.29, 0.717) is 21.7 Å². The van der Waals surface area contributed by atoms with E-state index in [4.69, 9.17) is 34.8 Å². The van der Waals surface area contributed by atoms with Gasteiger partial charge in [0.05, 0.1) is 28.5 Å². The van der Waals surface area contributed by atoms with Crippen molar-refractivity contribution in [3.63, 3.8) is 0 Å². The summed E-state index contributed by atoms with van der Waals surface area (Å²) in [7, 11) is 0. The molecule has 84 valence electrons. The number of pyridine rings is 1. The molecular weight excluding hydrogens is 268 g/mol. The van der Waals surface area contributed by atoms with Crippen LogP contribution in [0.4, 0.5) is 0 Å². The molecule has 0 atom stereocenters. The zero-order chi connectivity index (χ0) is 11.7. The monoisotopic (exact) mass is 275 g/mol. The Morgan fingerprint density at radius 2 is 1.94 bits per heavy atom. The second-order valence-electron chi connectivity index (χ2n) is 3.33. The maximum absolute atomic E-state index is 6.04. The number of nitrogens with zero attached hydrogens (tertiary/aromatic N) is 3. The first-order chi connectivity index (χ1) is 7.58. The lowest BCUT2D eigenvalue weighted by atomic mass is 10.3. The highest BCUT2D eigenvalue weighted by Crippen LogP contribution is 2.21. The Kier molecular flexibility index (Phi) is 3.38. The van der Waals surface area contributed by atoms with Crippen LogP contribution in [0.15, 0.2) is 18.5 Å². The quantitative estimate of drug-likeness (QED) is 0.785. The minimum absolute atomic E-state index is 0.379. The Bertz CT molecular complexity index is 522. The summed E-state index contributed by atoms with van der Waals surface area (Å²) in [5.41, 5.74) is 1.75. The SMILES string of the molecule is Cc1c(Cl)cnn1Cc1cnc(Cl)cc1Cl. The lowest BCUT2D eigenvalue weighted by Crippen LogP contribution is -2.04. The Balaban J connectivity index is 2.30. The van der Waals surface area contributed by atoms with Crippen LogP contribution in [0.3, 0.4) is 0 Å². The molecule has 0 unspecified atom stereocenters. The lowest BCUT2D eigenvalue weighted by Gasteiger charge is -2.06. The molecule has 0 aliphatic rings. The fraction of sp³-hybridized carbons (Fsp3) is 0.200. The molecule has 6 heteroatoms. The van der Waals surface area contributed by atoms with Crippen LogP contribution in [-0.2, 0) is 6.54 Å². The van der Waals surface area contributed by atoms with Gasteiger partial charge in [-0.3, -0.25) is 4.68 Å². The van der Waals surface area contributed by atoms with E-state index in [1.807, 2.05) is 6.92 Å². The molecule has 0 amide bonds. The third-order valence-corrected chi connectivity index (χ3v) is 3.19. The summed E-state index contributed by atoms with van der Waals surface area (Å²) in [6.45, 7) is 2.42. The highest BCUT2D eigenvalue weighted by atomic mass is 35.5. The molecule has 0 spiro atoms. The van der Waals surface area contributed by atoms with E-state index in [9.17, 15) is 0 Å². The molecule has 2 aromatic rings. The second-order valence-corrected chi connectivity index (χ2v) is 4.54. The van der Waals surface area contributed by atoms with E-state index in [-0.39, 0.29) is 0 Å². The smallest absolute Gasteiger partial charge is 0.130 e. The minimum Gasteiger partial charge on any atom is -0.264 e. The maximum atomic E-state index is 6.04. The topological polar surface area (TPSA) is 30.7 Å². The minimum atomic E-state index is 0.379. The molecule has 0 saturated heterocycles. The average Bonchev–Trinajstić information content (AvgIpc) is 2.54. The first kappa shape index (κ1) is 11.7. The van der Waals surface area contributed by atoms with Crippen molar-refractivity contribution in [2.75, 3.05) is 0 Å². The van der Waals surface area contributed by atoms with Gasteiger partial charge in [0.15, 0.2) is 0 Å². The predicted octanol–water partition coefficient (Wildman–Crippen LogP) is 3.60. The molecule has 0 bridgehead atoms. The standard InChI is InChI=1S/C10H8Cl3N3/c1-6-9(12)4-15-16(6)5-7-3-14-10(13)2-8(7)11/h2-4H,5H2,1H3. The number of rotatable bonds is 2. The summed E-state index contributed by atoms with van der Waals surface area (Å²) in [5.74, 6) is 0. The molecule has 0 aliphatic heterocycles. The van der Waals surface area contributed by atoms with E-state index in [2.05, 4.69) is 10.1 Å². The van der Waals surface area contributed by atoms with Gasteiger partial charge in [-0.05, 0) is 13.0 Å². The van der Waals surface area contributed by atoms with Gasteiger partial charge in [0.2, 0.25) is 0 Å². The van der Waals surface area contributed by atoms with E-state index in [0.717, 1.165) is 11.3 Å².